The lowest BCUT2D eigenvalue weighted by Crippen LogP contribution is -2.09. The summed E-state index contributed by atoms with van der Waals surface area (Å²) in [5.74, 6) is -0.870. The summed E-state index contributed by atoms with van der Waals surface area (Å²) >= 11 is 3.43. The minimum atomic E-state index is -0.450. The van der Waals surface area contributed by atoms with Gasteiger partial charge in [-0.25, -0.2) is 9.59 Å². The average molecular weight is 417 g/mol. The molecule has 0 amide bonds. The lowest BCUT2D eigenvalue weighted by Gasteiger charge is -2.12. The number of alkyl halides is 1. The fourth-order valence-electron chi connectivity index (χ4n) is 2.50. The zero-order valence-corrected chi connectivity index (χ0v) is 16.4. The van der Waals surface area contributed by atoms with Gasteiger partial charge >= 0.3 is 11.9 Å². The molecule has 0 aliphatic heterocycles. The molecule has 0 N–H and O–H groups in total. The predicted octanol–water partition coefficient (Wildman–Crippen LogP) is 5.00. The number of carbonyl (C=O) groups is 2. The van der Waals surface area contributed by atoms with E-state index in [2.05, 4.69) is 15.9 Å². The molecule has 0 aliphatic rings. The van der Waals surface area contributed by atoms with Crippen LogP contribution >= 0.6 is 15.9 Å². The minimum Gasteiger partial charge on any atom is -0.463 e. The zero-order valence-electron chi connectivity index (χ0n) is 14.8. The van der Waals surface area contributed by atoms with Gasteiger partial charge in [0, 0.05) is 11.4 Å². The smallest absolute Gasteiger partial charge is 0.339 e. The number of esters is 2. The molecule has 0 spiro atoms. The zero-order chi connectivity index (χ0) is 18.9. The maximum atomic E-state index is 12.6. The number of halogens is 1. The van der Waals surface area contributed by atoms with E-state index < -0.39 is 11.9 Å². The topological polar surface area (TPSA) is 52.6 Å². The van der Waals surface area contributed by atoms with Crippen LogP contribution in [0.4, 0.5) is 0 Å². The average Bonchev–Trinajstić information content (AvgIpc) is 2.66. The van der Waals surface area contributed by atoms with Crippen molar-refractivity contribution in [3.05, 3.63) is 65.2 Å². The molecule has 0 saturated heterocycles. The van der Waals surface area contributed by atoms with Crippen molar-refractivity contribution < 1.29 is 19.1 Å². The van der Waals surface area contributed by atoms with Gasteiger partial charge in [-0.05, 0) is 42.2 Å². The van der Waals surface area contributed by atoms with E-state index in [-0.39, 0.29) is 6.61 Å². The molecule has 136 valence electrons. The molecule has 0 aliphatic carbocycles. The second-order valence-corrected chi connectivity index (χ2v) is 5.97. The highest BCUT2D eigenvalue weighted by Gasteiger charge is 2.17. The van der Waals surface area contributed by atoms with Gasteiger partial charge in [0.1, 0.15) is 0 Å². The van der Waals surface area contributed by atoms with Crippen LogP contribution in [0, 0.1) is 0 Å². The first-order valence-electron chi connectivity index (χ1n) is 8.40. The van der Waals surface area contributed by atoms with Crippen molar-refractivity contribution in [1.29, 1.82) is 0 Å². The third-order valence-corrected chi connectivity index (χ3v) is 4.33. The highest BCUT2D eigenvalue weighted by molar-refractivity contribution is 9.08. The van der Waals surface area contributed by atoms with Gasteiger partial charge in [0.15, 0.2) is 0 Å². The van der Waals surface area contributed by atoms with Gasteiger partial charge in [-0.2, -0.15) is 0 Å². The molecule has 0 heterocycles. The Kier molecular flexibility index (Phi) is 7.60. The highest BCUT2D eigenvalue weighted by atomic mass is 79.9. The van der Waals surface area contributed by atoms with Crippen molar-refractivity contribution in [2.75, 3.05) is 13.2 Å². The van der Waals surface area contributed by atoms with E-state index in [1.807, 2.05) is 36.4 Å². The largest absolute Gasteiger partial charge is 0.463 e. The van der Waals surface area contributed by atoms with E-state index in [0.717, 1.165) is 22.0 Å². The van der Waals surface area contributed by atoms with Crippen LogP contribution in [0.15, 0.2) is 48.5 Å². The summed E-state index contributed by atoms with van der Waals surface area (Å²) in [6.07, 6.45) is 2.90. The van der Waals surface area contributed by atoms with Gasteiger partial charge in [0.05, 0.1) is 18.8 Å². The maximum absolute atomic E-state index is 12.6. The number of hydrogen-bond donors (Lipinski definition) is 0. The lowest BCUT2D eigenvalue weighted by atomic mass is 9.94. The Morgan fingerprint density at radius 2 is 1.69 bits per heavy atom. The summed E-state index contributed by atoms with van der Waals surface area (Å²) in [4.78, 5) is 24.2. The molecular weight excluding hydrogens is 396 g/mol. The highest BCUT2D eigenvalue weighted by Crippen LogP contribution is 2.28. The summed E-state index contributed by atoms with van der Waals surface area (Å²) in [7, 11) is 0. The number of ether oxygens (including phenoxy) is 2. The van der Waals surface area contributed by atoms with E-state index in [1.165, 1.54) is 6.08 Å². The van der Waals surface area contributed by atoms with Gasteiger partial charge in [-0.3, -0.25) is 0 Å². The summed E-state index contributed by atoms with van der Waals surface area (Å²) in [6.45, 7) is 4.08. The van der Waals surface area contributed by atoms with Crippen LogP contribution in [0.2, 0.25) is 0 Å². The standard InChI is InChI=1S/C21H21BrO4/c1-3-25-19(23)13-12-17-6-5-7-18(20(17)21(24)26-4-2)16-10-8-15(14-22)9-11-16/h5-13H,3-4,14H2,1-2H3. The summed E-state index contributed by atoms with van der Waals surface area (Å²) in [6, 6.07) is 13.4. The Morgan fingerprint density at radius 1 is 1.00 bits per heavy atom. The van der Waals surface area contributed by atoms with Gasteiger partial charge in [0.25, 0.3) is 0 Å². The molecule has 0 unspecified atom stereocenters. The fourth-order valence-corrected chi connectivity index (χ4v) is 2.88. The minimum absolute atomic E-state index is 0.275. The molecule has 26 heavy (non-hydrogen) atoms. The molecule has 2 aromatic carbocycles. The van der Waals surface area contributed by atoms with Gasteiger partial charge in [0.2, 0.25) is 0 Å². The third kappa shape index (κ3) is 5.05. The first-order chi connectivity index (χ1) is 12.6. The second kappa shape index (κ2) is 9.92. The summed E-state index contributed by atoms with van der Waals surface area (Å²) in [5.41, 5.74) is 3.85. The van der Waals surface area contributed by atoms with Crippen LogP contribution < -0.4 is 0 Å². The van der Waals surface area contributed by atoms with Crippen molar-refractivity contribution in [2.45, 2.75) is 19.2 Å². The predicted molar refractivity (Wildman–Crippen MR) is 106 cm³/mol. The first-order valence-corrected chi connectivity index (χ1v) is 9.53. The molecule has 0 aromatic heterocycles. The Hall–Kier alpha value is -2.40. The van der Waals surface area contributed by atoms with Crippen molar-refractivity contribution in [1.82, 2.24) is 0 Å². The van der Waals surface area contributed by atoms with Crippen LogP contribution in [-0.2, 0) is 19.6 Å². The Morgan fingerprint density at radius 3 is 2.31 bits per heavy atom. The van der Waals surface area contributed by atoms with Crippen molar-refractivity contribution in [3.63, 3.8) is 0 Å². The van der Waals surface area contributed by atoms with Crippen LogP contribution in [0.1, 0.15) is 35.3 Å². The molecule has 0 saturated carbocycles. The molecule has 0 atom stereocenters. The Balaban J connectivity index is 2.51. The molecule has 2 aromatic rings. The molecule has 0 radical (unpaired) electrons. The third-order valence-electron chi connectivity index (χ3n) is 3.68. The van der Waals surface area contributed by atoms with Crippen molar-refractivity contribution in [2.24, 2.45) is 0 Å². The van der Waals surface area contributed by atoms with Crippen LogP contribution in [0.25, 0.3) is 17.2 Å². The molecule has 0 fully saturated rings. The van der Waals surface area contributed by atoms with Crippen LogP contribution in [0.3, 0.4) is 0 Å². The molecular formula is C21H21BrO4. The van der Waals surface area contributed by atoms with Gasteiger partial charge < -0.3 is 9.47 Å². The first kappa shape index (κ1) is 19.9. The number of rotatable bonds is 7. The Labute approximate surface area is 162 Å². The summed E-state index contributed by atoms with van der Waals surface area (Å²) in [5, 5.41) is 0.764. The molecule has 0 bridgehead atoms. The van der Waals surface area contributed by atoms with E-state index in [4.69, 9.17) is 9.47 Å². The molecule has 5 heteroatoms. The maximum Gasteiger partial charge on any atom is 0.339 e. The van der Waals surface area contributed by atoms with Crippen molar-refractivity contribution >= 4 is 33.9 Å². The second-order valence-electron chi connectivity index (χ2n) is 5.41. The molecule has 2 rings (SSSR count). The number of carbonyl (C=O) groups excluding carboxylic acids is 2. The summed E-state index contributed by atoms with van der Waals surface area (Å²) < 4.78 is 10.1. The van der Waals surface area contributed by atoms with E-state index in [0.29, 0.717) is 17.7 Å². The monoisotopic (exact) mass is 416 g/mol. The van der Waals surface area contributed by atoms with Crippen molar-refractivity contribution in [3.8, 4) is 11.1 Å². The Bertz CT molecular complexity index is 794. The van der Waals surface area contributed by atoms with Crippen LogP contribution in [0.5, 0.6) is 0 Å². The van der Waals surface area contributed by atoms with Crippen LogP contribution in [-0.4, -0.2) is 25.2 Å². The van der Waals surface area contributed by atoms with E-state index in [9.17, 15) is 9.59 Å². The quantitative estimate of drug-likeness (QED) is 0.361. The number of hydrogen-bond acceptors (Lipinski definition) is 4. The van der Waals surface area contributed by atoms with Gasteiger partial charge in [-0.15, -0.1) is 0 Å². The lowest BCUT2D eigenvalue weighted by molar-refractivity contribution is -0.137. The SMILES string of the molecule is CCOC(=O)C=Cc1cccc(-c2ccc(CBr)cc2)c1C(=O)OCC. The fraction of sp³-hybridized carbons (Fsp3) is 0.238. The number of benzene rings is 2. The van der Waals surface area contributed by atoms with E-state index >= 15 is 0 Å². The normalized spacial score (nSPS) is 10.7. The van der Waals surface area contributed by atoms with E-state index in [1.54, 1.807) is 26.0 Å². The molecule has 4 nitrogen and oxygen atoms in total. The van der Waals surface area contributed by atoms with Gasteiger partial charge in [-0.1, -0.05) is 58.4 Å².